The van der Waals surface area contributed by atoms with Crippen LogP contribution in [0.1, 0.15) is 17.4 Å². The fraction of sp³-hybridized carbons (Fsp3) is 0.312. The molecule has 0 spiro atoms. The fourth-order valence-corrected chi connectivity index (χ4v) is 1.86. The largest absolute Gasteiger partial charge is 0.366 e. The lowest BCUT2D eigenvalue weighted by molar-refractivity contribution is 0.0662. The lowest BCUT2D eigenvalue weighted by Crippen LogP contribution is -2.20. The predicted octanol–water partition coefficient (Wildman–Crippen LogP) is 3.59. The van der Waals surface area contributed by atoms with Crippen molar-refractivity contribution in [2.75, 3.05) is 27.2 Å². The molecule has 0 aliphatic rings. The first-order chi connectivity index (χ1) is 9.27. The maximum absolute atomic E-state index is 6.02. The van der Waals surface area contributed by atoms with E-state index in [1.807, 2.05) is 50.5 Å². The molecule has 0 amide bonds. The van der Waals surface area contributed by atoms with Crippen LogP contribution in [-0.4, -0.2) is 37.1 Å². The molecule has 0 radical (unpaired) electrons. The van der Waals surface area contributed by atoms with Crippen molar-refractivity contribution < 1.29 is 4.74 Å². The van der Waals surface area contributed by atoms with Gasteiger partial charge in [0, 0.05) is 12.7 Å². The van der Waals surface area contributed by atoms with Crippen molar-refractivity contribution >= 4 is 24.8 Å². The minimum atomic E-state index is -0.0950. The van der Waals surface area contributed by atoms with Crippen LogP contribution in [0.15, 0.2) is 54.7 Å². The van der Waals surface area contributed by atoms with Crippen molar-refractivity contribution in [2.45, 2.75) is 6.10 Å². The standard InChI is InChI=1S/C16H20N2O.2ClH/c1-18(2)12-13-19-16(14-8-4-3-5-9-14)15-10-6-7-11-17-15;;/h3-11,16H,12-13H2,1-2H3;2*1H. The quantitative estimate of drug-likeness (QED) is 0.810. The van der Waals surface area contributed by atoms with Crippen LogP contribution in [0.4, 0.5) is 0 Å². The van der Waals surface area contributed by atoms with Gasteiger partial charge in [0.15, 0.2) is 0 Å². The highest BCUT2D eigenvalue weighted by molar-refractivity contribution is 5.85. The molecule has 1 unspecified atom stereocenters. The number of hydrogen-bond acceptors (Lipinski definition) is 3. The third-order valence-corrected chi connectivity index (χ3v) is 2.88. The van der Waals surface area contributed by atoms with Gasteiger partial charge in [-0.15, -0.1) is 24.8 Å². The summed E-state index contributed by atoms with van der Waals surface area (Å²) >= 11 is 0. The van der Waals surface area contributed by atoms with Gasteiger partial charge >= 0.3 is 0 Å². The molecule has 0 N–H and O–H groups in total. The maximum atomic E-state index is 6.02. The number of nitrogens with zero attached hydrogens (tertiary/aromatic N) is 2. The van der Waals surface area contributed by atoms with E-state index in [-0.39, 0.29) is 30.9 Å². The molecule has 0 bridgehead atoms. The van der Waals surface area contributed by atoms with Gasteiger partial charge in [0.1, 0.15) is 6.10 Å². The zero-order valence-corrected chi connectivity index (χ0v) is 13.9. The average Bonchev–Trinajstić information content (AvgIpc) is 2.45. The molecule has 0 aliphatic carbocycles. The van der Waals surface area contributed by atoms with Gasteiger partial charge < -0.3 is 9.64 Å². The van der Waals surface area contributed by atoms with Crippen LogP contribution in [0.2, 0.25) is 0 Å². The van der Waals surface area contributed by atoms with E-state index in [0.717, 1.165) is 17.8 Å². The van der Waals surface area contributed by atoms with Crippen molar-refractivity contribution in [3.8, 4) is 0 Å². The first kappa shape index (κ1) is 19.9. The molecular weight excluding hydrogens is 307 g/mol. The Balaban J connectivity index is 0.00000200. The second-order valence-electron chi connectivity index (χ2n) is 4.72. The van der Waals surface area contributed by atoms with Gasteiger partial charge in [-0.3, -0.25) is 4.98 Å². The topological polar surface area (TPSA) is 25.4 Å². The normalized spacial score (nSPS) is 11.4. The summed E-state index contributed by atoms with van der Waals surface area (Å²) in [7, 11) is 4.09. The number of halogens is 2. The maximum Gasteiger partial charge on any atom is 0.124 e. The van der Waals surface area contributed by atoms with E-state index in [2.05, 4.69) is 22.0 Å². The summed E-state index contributed by atoms with van der Waals surface area (Å²) in [5.74, 6) is 0. The van der Waals surface area contributed by atoms with Crippen LogP contribution >= 0.6 is 24.8 Å². The average molecular weight is 329 g/mol. The number of ether oxygens (including phenoxy) is 1. The Bertz CT molecular complexity index is 441. The molecule has 116 valence electrons. The molecule has 21 heavy (non-hydrogen) atoms. The molecule has 0 aliphatic heterocycles. The molecule has 2 aromatic rings. The van der Waals surface area contributed by atoms with E-state index in [1.165, 1.54) is 0 Å². The van der Waals surface area contributed by atoms with E-state index >= 15 is 0 Å². The molecule has 1 heterocycles. The van der Waals surface area contributed by atoms with E-state index in [0.29, 0.717) is 6.61 Å². The second-order valence-corrected chi connectivity index (χ2v) is 4.72. The number of rotatable bonds is 6. The molecule has 2 rings (SSSR count). The molecule has 1 aromatic heterocycles. The van der Waals surface area contributed by atoms with Gasteiger partial charge in [0.2, 0.25) is 0 Å². The van der Waals surface area contributed by atoms with E-state index in [9.17, 15) is 0 Å². The zero-order chi connectivity index (χ0) is 13.5. The highest BCUT2D eigenvalue weighted by Crippen LogP contribution is 2.23. The minimum Gasteiger partial charge on any atom is -0.366 e. The molecule has 3 nitrogen and oxygen atoms in total. The number of hydrogen-bond donors (Lipinski definition) is 0. The summed E-state index contributed by atoms with van der Waals surface area (Å²) < 4.78 is 6.02. The fourth-order valence-electron chi connectivity index (χ4n) is 1.86. The molecular formula is C16H22Cl2N2O. The number of pyridine rings is 1. The van der Waals surface area contributed by atoms with Gasteiger partial charge in [-0.1, -0.05) is 36.4 Å². The summed E-state index contributed by atoms with van der Waals surface area (Å²) in [4.78, 5) is 6.53. The Morgan fingerprint density at radius 1 is 1.00 bits per heavy atom. The second kappa shape index (κ2) is 10.6. The van der Waals surface area contributed by atoms with Crippen molar-refractivity contribution in [1.29, 1.82) is 0 Å². The highest BCUT2D eigenvalue weighted by atomic mass is 35.5. The van der Waals surface area contributed by atoms with Crippen LogP contribution in [0, 0.1) is 0 Å². The Hall–Kier alpha value is -1.13. The Kier molecular flexibility index (Phi) is 10.0. The monoisotopic (exact) mass is 328 g/mol. The molecule has 0 saturated carbocycles. The SMILES string of the molecule is CN(C)CCOC(c1ccccc1)c1ccccn1.Cl.Cl. The van der Waals surface area contributed by atoms with E-state index < -0.39 is 0 Å². The van der Waals surface area contributed by atoms with Crippen molar-refractivity contribution in [1.82, 2.24) is 9.88 Å². The van der Waals surface area contributed by atoms with Gasteiger partial charge in [0.05, 0.1) is 12.3 Å². The lowest BCUT2D eigenvalue weighted by atomic mass is 10.1. The van der Waals surface area contributed by atoms with Crippen LogP contribution in [0.5, 0.6) is 0 Å². The molecule has 1 aromatic carbocycles. The van der Waals surface area contributed by atoms with Crippen molar-refractivity contribution in [3.63, 3.8) is 0 Å². The third-order valence-electron chi connectivity index (χ3n) is 2.88. The summed E-state index contributed by atoms with van der Waals surface area (Å²) in [6.07, 6.45) is 1.71. The van der Waals surface area contributed by atoms with E-state index in [4.69, 9.17) is 4.74 Å². The first-order valence-corrected chi connectivity index (χ1v) is 6.49. The van der Waals surface area contributed by atoms with E-state index in [1.54, 1.807) is 6.20 Å². The summed E-state index contributed by atoms with van der Waals surface area (Å²) in [6, 6.07) is 16.1. The third kappa shape index (κ3) is 6.44. The van der Waals surface area contributed by atoms with Crippen LogP contribution in [0.25, 0.3) is 0 Å². The van der Waals surface area contributed by atoms with Crippen LogP contribution in [0.3, 0.4) is 0 Å². The summed E-state index contributed by atoms with van der Waals surface area (Å²) in [5.41, 5.74) is 2.09. The van der Waals surface area contributed by atoms with Gasteiger partial charge in [0.25, 0.3) is 0 Å². The number of aromatic nitrogens is 1. The zero-order valence-electron chi connectivity index (χ0n) is 12.3. The predicted molar refractivity (Wildman–Crippen MR) is 91.5 cm³/mol. The van der Waals surface area contributed by atoms with Gasteiger partial charge in [-0.2, -0.15) is 0 Å². The molecule has 0 saturated heterocycles. The summed E-state index contributed by atoms with van der Waals surface area (Å²) in [5, 5.41) is 0. The smallest absolute Gasteiger partial charge is 0.124 e. The Labute approximate surface area is 139 Å². The number of benzene rings is 1. The van der Waals surface area contributed by atoms with Gasteiger partial charge in [-0.05, 0) is 31.8 Å². The molecule has 0 fully saturated rings. The minimum absolute atomic E-state index is 0. The van der Waals surface area contributed by atoms with Crippen LogP contribution in [-0.2, 0) is 4.74 Å². The number of likely N-dealkylation sites (N-methyl/N-ethyl adjacent to an activating group) is 1. The highest BCUT2D eigenvalue weighted by Gasteiger charge is 2.15. The van der Waals surface area contributed by atoms with Crippen molar-refractivity contribution in [2.24, 2.45) is 0 Å². The first-order valence-electron chi connectivity index (χ1n) is 6.49. The van der Waals surface area contributed by atoms with Crippen molar-refractivity contribution in [3.05, 3.63) is 66.0 Å². The molecule has 1 atom stereocenters. The summed E-state index contributed by atoms with van der Waals surface area (Å²) in [6.45, 7) is 1.58. The van der Waals surface area contributed by atoms with Crippen LogP contribution < -0.4 is 0 Å². The lowest BCUT2D eigenvalue weighted by Gasteiger charge is -2.19. The Morgan fingerprint density at radius 2 is 1.67 bits per heavy atom. The Morgan fingerprint density at radius 3 is 2.24 bits per heavy atom. The van der Waals surface area contributed by atoms with Gasteiger partial charge in [-0.25, -0.2) is 0 Å². The molecule has 5 heteroatoms.